The highest BCUT2D eigenvalue weighted by molar-refractivity contribution is 7.98. The number of carboxylic acids is 1. The highest BCUT2D eigenvalue weighted by atomic mass is 32.2. The molecule has 0 amide bonds. The largest absolute Gasteiger partial charge is 0.476 e. The molecule has 0 unspecified atom stereocenters. The topological polar surface area (TPSA) is 66.0 Å². The molecule has 2 rings (SSSR count). The standard InChI is InChI=1S/C12H12N2O2S/c1-17-12-13-9(10(14-12)11(15)16)7-8-5-3-2-4-6-8/h2-6H,7H2,1H3,(H,13,14)(H,15,16). The first-order chi connectivity index (χ1) is 8.20. The number of nitrogens with zero attached hydrogens (tertiary/aromatic N) is 1. The van der Waals surface area contributed by atoms with Crippen molar-refractivity contribution in [1.29, 1.82) is 0 Å². The highest BCUT2D eigenvalue weighted by Crippen LogP contribution is 2.17. The minimum absolute atomic E-state index is 0.109. The van der Waals surface area contributed by atoms with E-state index in [9.17, 15) is 4.79 Å². The molecule has 0 spiro atoms. The Morgan fingerprint density at radius 1 is 1.41 bits per heavy atom. The van der Waals surface area contributed by atoms with Crippen LogP contribution in [-0.2, 0) is 6.42 Å². The van der Waals surface area contributed by atoms with Crippen LogP contribution in [0.4, 0.5) is 0 Å². The third kappa shape index (κ3) is 2.68. The van der Waals surface area contributed by atoms with Crippen LogP contribution in [0.15, 0.2) is 35.5 Å². The predicted octanol–water partition coefficient (Wildman–Crippen LogP) is 2.42. The molecule has 0 radical (unpaired) electrons. The van der Waals surface area contributed by atoms with E-state index in [1.807, 2.05) is 36.6 Å². The van der Waals surface area contributed by atoms with Gasteiger partial charge in [-0.2, -0.15) is 0 Å². The molecule has 17 heavy (non-hydrogen) atoms. The molecule has 0 aliphatic heterocycles. The summed E-state index contributed by atoms with van der Waals surface area (Å²) >= 11 is 1.40. The Morgan fingerprint density at radius 3 is 2.71 bits per heavy atom. The molecular formula is C12H12N2O2S. The summed E-state index contributed by atoms with van der Waals surface area (Å²) in [6.45, 7) is 0. The van der Waals surface area contributed by atoms with E-state index in [2.05, 4.69) is 9.97 Å². The zero-order valence-electron chi connectivity index (χ0n) is 9.30. The first-order valence-corrected chi connectivity index (χ1v) is 6.33. The van der Waals surface area contributed by atoms with Gasteiger partial charge in [0.1, 0.15) is 0 Å². The normalized spacial score (nSPS) is 10.4. The maximum atomic E-state index is 11.0. The molecule has 0 bridgehead atoms. The Bertz CT molecular complexity index is 523. The van der Waals surface area contributed by atoms with Crippen molar-refractivity contribution in [2.24, 2.45) is 0 Å². The summed E-state index contributed by atoms with van der Waals surface area (Å²) < 4.78 is 0. The minimum Gasteiger partial charge on any atom is -0.476 e. The molecule has 5 heteroatoms. The molecule has 1 heterocycles. The molecule has 1 aromatic carbocycles. The van der Waals surface area contributed by atoms with Gasteiger partial charge in [0.05, 0.1) is 5.69 Å². The Kier molecular flexibility index (Phi) is 3.49. The third-order valence-electron chi connectivity index (χ3n) is 2.38. The van der Waals surface area contributed by atoms with Gasteiger partial charge in [-0.15, -0.1) is 0 Å². The molecular weight excluding hydrogens is 236 g/mol. The van der Waals surface area contributed by atoms with E-state index in [1.165, 1.54) is 11.8 Å². The van der Waals surface area contributed by atoms with Gasteiger partial charge in [0.15, 0.2) is 10.9 Å². The number of benzene rings is 1. The van der Waals surface area contributed by atoms with Gasteiger partial charge in [0.2, 0.25) is 0 Å². The fraction of sp³-hybridized carbons (Fsp3) is 0.167. The molecule has 1 aromatic heterocycles. The summed E-state index contributed by atoms with van der Waals surface area (Å²) in [7, 11) is 0. The summed E-state index contributed by atoms with van der Waals surface area (Å²) in [5.41, 5.74) is 1.82. The van der Waals surface area contributed by atoms with Crippen LogP contribution in [0.2, 0.25) is 0 Å². The number of aromatic carboxylic acids is 1. The van der Waals surface area contributed by atoms with Crippen LogP contribution in [0, 0.1) is 0 Å². The predicted molar refractivity (Wildman–Crippen MR) is 66.6 cm³/mol. The fourth-order valence-corrected chi connectivity index (χ4v) is 1.99. The summed E-state index contributed by atoms with van der Waals surface area (Å²) in [5, 5.41) is 9.69. The maximum Gasteiger partial charge on any atom is 0.356 e. The second kappa shape index (κ2) is 5.05. The Morgan fingerprint density at radius 2 is 2.12 bits per heavy atom. The van der Waals surface area contributed by atoms with E-state index in [4.69, 9.17) is 5.11 Å². The lowest BCUT2D eigenvalue weighted by Gasteiger charge is -1.99. The van der Waals surface area contributed by atoms with Crippen LogP contribution >= 0.6 is 11.8 Å². The number of carbonyl (C=O) groups is 1. The number of imidazole rings is 1. The van der Waals surface area contributed by atoms with E-state index in [0.29, 0.717) is 17.3 Å². The molecule has 0 aliphatic rings. The van der Waals surface area contributed by atoms with Crippen molar-refractivity contribution in [3.63, 3.8) is 0 Å². The Labute approximate surface area is 103 Å². The fourth-order valence-electron chi connectivity index (χ4n) is 1.59. The quantitative estimate of drug-likeness (QED) is 0.815. The molecule has 0 fully saturated rings. The van der Waals surface area contributed by atoms with E-state index >= 15 is 0 Å². The van der Waals surface area contributed by atoms with Crippen molar-refractivity contribution in [1.82, 2.24) is 9.97 Å². The summed E-state index contributed by atoms with van der Waals surface area (Å²) in [4.78, 5) is 18.1. The number of hydrogen-bond donors (Lipinski definition) is 2. The molecule has 4 nitrogen and oxygen atoms in total. The minimum atomic E-state index is -0.993. The van der Waals surface area contributed by atoms with E-state index in [0.717, 1.165) is 5.56 Å². The first-order valence-electron chi connectivity index (χ1n) is 5.11. The third-order valence-corrected chi connectivity index (χ3v) is 2.96. The van der Waals surface area contributed by atoms with Crippen molar-refractivity contribution < 1.29 is 9.90 Å². The zero-order valence-corrected chi connectivity index (χ0v) is 10.1. The molecule has 0 atom stereocenters. The van der Waals surface area contributed by atoms with Crippen LogP contribution in [0.25, 0.3) is 0 Å². The summed E-state index contributed by atoms with van der Waals surface area (Å²) in [6, 6.07) is 9.72. The monoisotopic (exact) mass is 248 g/mol. The summed E-state index contributed by atoms with van der Waals surface area (Å²) in [6.07, 6.45) is 2.41. The number of rotatable bonds is 4. The molecule has 2 N–H and O–H groups in total. The lowest BCUT2D eigenvalue weighted by atomic mass is 10.1. The molecule has 0 saturated carbocycles. The van der Waals surface area contributed by atoms with Crippen molar-refractivity contribution in [2.75, 3.05) is 6.26 Å². The van der Waals surface area contributed by atoms with Crippen molar-refractivity contribution in [2.45, 2.75) is 11.6 Å². The van der Waals surface area contributed by atoms with Crippen LogP contribution in [0.5, 0.6) is 0 Å². The highest BCUT2D eigenvalue weighted by Gasteiger charge is 2.16. The lowest BCUT2D eigenvalue weighted by Crippen LogP contribution is -2.02. The first kappa shape index (κ1) is 11.7. The zero-order chi connectivity index (χ0) is 12.3. The average molecular weight is 248 g/mol. The van der Waals surface area contributed by atoms with Crippen LogP contribution in [0.1, 0.15) is 21.7 Å². The number of aromatic amines is 1. The van der Waals surface area contributed by atoms with Gasteiger partial charge in [-0.25, -0.2) is 9.78 Å². The van der Waals surface area contributed by atoms with Crippen molar-refractivity contribution >= 4 is 17.7 Å². The number of aromatic nitrogens is 2. The lowest BCUT2D eigenvalue weighted by molar-refractivity contribution is 0.0689. The molecule has 0 saturated heterocycles. The molecule has 2 aromatic rings. The van der Waals surface area contributed by atoms with Gasteiger partial charge in [0.25, 0.3) is 0 Å². The van der Waals surface area contributed by atoms with Crippen LogP contribution < -0.4 is 0 Å². The number of H-pyrrole nitrogens is 1. The smallest absolute Gasteiger partial charge is 0.356 e. The Balaban J connectivity index is 2.31. The van der Waals surface area contributed by atoms with Gasteiger partial charge in [-0.05, 0) is 11.8 Å². The maximum absolute atomic E-state index is 11.0. The second-order valence-corrected chi connectivity index (χ2v) is 4.34. The molecule has 88 valence electrons. The number of thioether (sulfide) groups is 1. The second-order valence-electron chi connectivity index (χ2n) is 3.54. The van der Waals surface area contributed by atoms with E-state index in [-0.39, 0.29) is 5.69 Å². The van der Waals surface area contributed by atoms with E-state index in [1.54, 1.807) is 0 Å². The van der Waals surface area contributed by atoms with Crippen molar-refractivity contribution in [3.8, 4) is 0 Å². The van der Waals surface area contributed by atoms with Gasteiger partial charge in [0, 0.05) is 6.42 Å². The van der Waals surface area contributed by atoms with Gasteiger partial charge >= 0.3 is 5.97 Å². The van der Waals surface area contributed by atoms with Gasteiger partial charge in [-0.1, -0.05) is 42.1 Å². The number of nitrogens with one attached hydrogen (secondary N) is 1. The van der Waals surface area contributed by atoms with Crippen LogP contribution in [0.3, 0.4) is 0 Å². The molecule has 0 aliphatic carbocycles. The average Bonchev–Trinajstić information content (AvgIpc) is 2.74. The Hall–Kier alpha value is -1.75. The number of carboxylic acid groups (broad SMARTS) is 1. The SMILES string of the molecule is CSc1nc(C(=O)O)c(Cc2ccccc2)[nH]1. The van der Waals surface area contributed by atoms with E-state index < -0.39 is 5.97 Å². The van der Waals surface area contributed by atoms with Gasteiger partial charge in [-0.3, -0.25) is 0 Å². The summed E-state index contributed by atoms with van der Waals surface area (Å²) in [5.74, 6) is -0.993. The number of hydrogen-bond acceptors (Lipinski definition) is 3. The van der Waals surface area contributed by atoms with Crippen molar-refractivity contribution in [3.05, 3.63) is 47.3 Å². The van der Waals surface area contributed by atoms with Crippen LogP contribution in [-0.4, -0.2) is 27.3 Å². The van der Waals surface area contributed by atoms with Gasteiger partial charge < -0.3 is 10.1 Å².